The largest absolute Gasteiger partial charge is 0.483 e. The van der Waals surface area contributed by atoms with Gasteiger partial charge in [0, 0.05) is 17.3 Å². The van der Waals surface area contributed by atoms with Gasteiger partial charge in [0.2, 0.25) is 5.95 Å². The Kier molecular flexibility index (Phi) is 7.33. The van der Waals surface area contributed by atoms with Gasteiger partial charge >= 0.3 is 5.56 Å². The summed E-state index contributed by atoms with van der Waals surface area (Å²) in [6.45, 7) is 0.902. The third-order valence-electron chi connectivity index (χ3n) is 5.16. The molecule has 0 amide bonds. The number of fused-ring (bicyclic) bond motifs is 1. The van der Waals surface area contributed by atoms with Crippen LogP contribution in [0.5, 0.6) is 5.75 Å². The fourth-order valence-electron chi connectivity index (χ4n) is 3.44. The smallest absolute Gasteiger partial charge is 0.300 e. The Morgan fingerprint density at radius 1 is 1.12 bits per heavy atom. The fourth-order valence-corrected chi connectivity index (χ4v) is 3.79. The second kappa shape index (κ2) is 10.4. The van der Waals surface area contributed by atoms with Crippen molar-refractivity contribution in [3.63, 3.8) is 0 Å². The number of hydrogen-bond donors (Lipinski definition) is 1. The molecule has 34 heavy (non-hydrogen) atoms. The van der Waals surface area contributed by atoms with E-state index in [9.17, 15) is 13.6 Å². The lowest BCUT2D eigenvalue weighted by Crippen LogP contribution is -2.21. The lowest BCUT2D eigenvalue weighted by molar-refractivity contribution is 0.134. The molecule has 0 fully saturated rings. The lowest BCUT2D eigenvalue weighted by Gasteiger charge is -2.17. The summed E-state index contributed by atoms with van der Waals surface area (Å²) in [6.07, 6.45) is 0.379. The van der Waals surface area contributed by atoms with Crippen molar-refractivity contribution in [2.45, 2.75) is 26.1 Å². The maximum Gasteiger partial charge on any atom is 0.300 e. The molecule has 0 aliphatic heterocycles. The average molecular weight is 508 g/mol. The number of nitrogens with one attached hydrogen (secondary N) is 1. The molecular formula is C23H21Cl2F2N5O2. The van der Waals surface area contributed by atoms with Crippen LogP contribution in [0.4, 0.5) is 20.4 Å². The highest BCUT2D eigenvalue weighted by molar-refractivity contribution is 6.32. The summed E-state index contributed by atoms with van der Waals surface area (Å²) < 4.78 is 34.4. The summed E-state index contributed by atoms with van der Waals surface area (Å²) in [5, 5.41) is 3.87. The van der Waals surface area contributed by atoms with Crippen LogP contribution in [0.1, 0.15) is 12.5 Å². The van der Waals surface area contributed by atoms with Gasteiger partial charge in [-0.2, -0.15) is 4.98 Å². The number of aromatic nitrogens is 4. The number of benzene rings is 2. The molecule has 4 aromatic rings. The van der Waals surface area contributed by atoms with E-state index in [1.54, 1.807) is 33.7 Å². The Bertz CT molecular complexity index is 1350. The van der Waals surface area contributed by atoms with Crippen LogP contribution in [-0.2, 0) is 13.1 Å². The van der Waals surface area contributed by atoms with Crippen molar-refractivity contribution in [2.75, 3.05) is 18.7 Å². The highest BCUT2D eigenvalue weighted by Crippen LogP contribution is 2.30. The van der Waals surface area contributed by atoms with Gasteiger partial charge in [-0.05, 0) is 42.8 Å². The van der Waals surface area contributed by atoms with Crippen molar-refractivity contribution in [1.29, 1.82) is 0 Å². The molecule has 0 aliphatic rings. The number of alkyl halides is 2. The Morgan fingerprint density at radius 2 is 1.85 bits per heavy atom. The summed E-state index contributed by atoms with van der Waals surface area (Å²) in [4.78, 5) is 21.5. The SMILES string of the molecule is CCn1cnc2c1c(=O)nc(Nc1ccc(OC(CF)CF)c(Cl)c1)n2Cc1ccc(Cl)cc1. The van der Waals surface area contributed by atoms with Gasteiger partial charge in [0.1, 0.15) is 19.1 Å². The Labute approximate surface area is 203 Å². The molecule has 178 valence electrons. The Balaban J connectivity index is 1.73. The van der Waals surface area contributed by atoms with Gasteiger partial charge < -0.3 is 14.6 Å². The lowest BCUT2D eigenvalue weighted by atomic mass is 10.2. The third kappa shape index (κ3) is 5.00. The van der Waals surface area contributed by atoms with E-state index in [1.165, 1.54) is 12.1 Å². The maximum absolute atomic E-state index is 12.8. The number of ether oxygens (including phenoxy) is 1. The van der Waals surface area contributed by atoms with Gasteiger partial charge in [-0.15, -0.1) is 0 Å². The van der Waals surface area contributed by atoms with Crippen molar-refractivity contribution < 1.29 is 13.5 Å². The standard InChI is InChI=1S/C23H21Cl2F2N5O2/c1-2-31-13-28-21-20(31)22(33)30-23(32(21)12-14-3-5-15(24)6-4-14)29-16-7-8-19(18(25)9-16)34-17(10-26)11-27/h3-9,13,17H,2,10-12H2,1H3,(H,29,30,33). The quantitative estimate of drug-likeness (QED) is 0.328. The summed E-state index contributed by atoms with van der Waals surface area (Å²) in [7, 11) is 0. The van der Waals surface area contributed by atoms with E-state index in [0.29, 0.717) is 35.0 Å². The van der Waals surface area contributed by atoms with E-state index in [-0.39, 0.29) is 16.7 Å². The van der Waals surface area contributed by atoms with Crippen LogP contribution < -0.4 is 15.6 Å². The monoisotopic (exact) mass is 507 g/mol. The molecule has 0 spiro atoms. The Morgan fingerprint density at radius 3 is 2.50 bits per heavy atom. The molecule has 4 rings (SSSR count). The topological polar surface area (TPSA) is 74.0 Å². The molecular weight excluding hydrogens is 487 g/mol. The summed E-state index contributed by atoms with van der Waals surface area (Å²) in [5.74, 6) is 0.403. The zero-order valence-electron chi connectivity index (χ0n) is 18.1. The van der Waals surface area contributed by atoms with Gasteiger partial charge in [-0.3, -0.25) is 9.36 Å². The van der Waals surface area contributed by atoms with Gasteiger partial charge in [-0.1, -0.05) is 35.3 Å². The van der Waals surface area contributed by atoms with Crippen LogP contribution in [0.3, 0.4) is 0 Å². The molecule has 0 saturated heterocycles. The third-order valence-corrected chi connectivity index (χ3v) is 5.71. The molecule has 11 heteroatoms. The summed E-state index contributed by atoms with van der Waals surface area (Å²) in [5.41, 5.74) is 1.87. The molecule has 0 saturated carbocycles. The number of halogens is 4. The molecule has 2 heterocycles. The second-order valence-corrected chi connectivity index (χ2v) is 8.32. The number of imidazole rings is 1. The van der Waals surface area contributed by atoms with Gasteiger partial charge in [0.05, 0.1) is 17.9 Å². The zero-order chi connectivity index (χ0) is 24.2. The van der Waals surface area contributed by atoms with Gasteiger partial charge in [0.25, 0.3) is 0 Å². The van der Waals surface area contributed by atoms with Crippen LogP contribution in [0.2, 0.25) is 10.0 Å². The van der Waals surface area contributed by atoms with Crippen molar-refractivity contribution in [3.05, 3.63) is 74.8 Å². The van der Waals surface area contributed by atoms with E-state index in [2.05, 4.69) is 15.3 Å². The predicted molar refractivity (Wildman–Crippen MR) is 129 cm³/mol. The number of anilines is 2. The minimum Gasteiger partial charge on any atom is -0.483 e. The summed E-state index contributed by atoms with van der Waals surface area (Å²) >= 11 is 12.3. The zero-order valence-corrected chi connectivity index (χ0v) is 19.7. The van der Waals surface area contributed by atoms with Crippen LogP contribution in [-0.4, -0.2) is 38.6 Å². The van der Waals surface area contributed by atoms with Crippen molar-refractivity contribution in [1.82, 2.24) is 19.1 Å². The van der Waals surface area contributed by atoms with Crippen LogP contribution in [0, 0.1) is 0 Å². The molecule has 0 atom stereocenters. The first-order valence-corrected chi connectivity index (χ1v) is 11.2. The van der Waals surface area contributed by atoms with Gasteiger partial charge in [0.15, 0.2) is 17.3 Å². The molecule has 0 radical (unpaired) electrons. The molecule has 2 aromatic heterocycles. The summed E-state index contributed by atoms with van der Waals surface area (Å²) in [6, 6.07) is 11.9. The number of nitrogens with zero attached hydrogens (tertiary/aromatic N) is 4. The van der Waals surface area contributed by atoms with E-state index < -0.39 is 25.0 Å². The Hall–Kier alpha value is -3.17. The van der Waals surface area contributed by atoms with E-state index >= 15 is 0 Å². The molecule has 0 unspecified atom stereocenters. The average Bonchev–Trinajstić information content (AvgIpc) is 3.27. The van der Waals surface area contributed by atoms with Crippen molar-refractivity contribution in [2.24, 2.45) is 0 Å². The first-order chi connectivity index (χ1) is 16.4. The van der Waals surface area contributed by atoms with E-state index in [4.69, 9.17) is 27.9 Å². The van der Waals surface area contributed by atoms with Crippen LogP contribution in [0.15, 0.2) is 53.6 Å². The normalized spacial score (nSPS) is 11.4. The highest BCUT2D eigenvalue weighted by Gasteiger charge is 2.17. The maximum atomic E-state index is 12.8. The molecule has 7 nitrogen and oxygen atoms in total. The minimum atomic E-state index is -1.22. The molecule has 1 N–H and O–H groups in total. The first-order valence-electron chi connectivity index (χ1n) is 10.5. The molecule has 0 bridgehead atoms. The molecule has 2 aromatic carbocycles. The first kappa shape index (κ1) is 24.0. The predicted octanol–water partition coefficient (Wildman–Crippen LogP) is 5.40. The highest BCUT2D eigenvalue weighted by atomic mass is 35.5. The van der Waals surface area contributed by atoms with E-state index in [0.717, 1.165) is 5.56 Å². The molecule has 0 aliphatic carbocycles. The van der Waals surface area contributed by atoms with Gasteiger partial charge in [-0.25, -0.2) is 13.8 Å². The fraction of sp³-hybridized carbons (Fsp3) is 0.261. The van der Waals surface area contributed by atoms with Crippen LogP contribution in [0.25, 0.3) is 11.2 Å². The van der Waals surface area contributed by atoms with E-state index in [1.807, 2.05) is 19.1 Å². The number of rotatable bonds is 9. The second-order valence-electron chi connectivity index (χ2n) is 7.47. The van der Waals surface area contributed by atoms with Crippen molar-refractivity contribution >= 4 is 46.0 Å². The number of aryl methyl sites for hydroxylation is 1. The van der Waals surface area contributed by atoms with Crippen LogP contribution >= 0.6 is 23.2 Å². The van der Waals surface area contributed by atoms with Crippen molar-refractivity contribution in [3.8, 4) is 5.75 Å². The number of hydrogen-bond acceptors (Lipinski definition) is 5. The minimum absolute atomic E-state index is 0.149.